The van der Waals surface area contributed by atoms with E-state index in [-0.39, 0.29) is 0 Å². The van der Waals surface area contributed by atoms with E-state index in [1.54, 1.807) is 6.33 Å². The smallest absolute Gasteiger partial charge is 0.320 e. The number of imidazole rings is 1. The third-order valence-electron chi connectivity index (χ3n) is 3.49. The highest BCUT2D eigenvalue weighted by Gasteiger charge is 2.11. The Hall–Kier alpha value is -2.63. The van der Waals surface area contributed by atoms with Crippen molar-refractivity contribution in [2.45, 2.75) is 26.3 Å². The minimum Gasteiger partial charge on any atom is -0.463 e. The van der Waals surface area contributed by atoms with Crippen molar-refractivity contribution in [2.24, 2.45) is 0 Å². The maximum Gasteiger partial charge on any atom is 0.320 e. The fourth-order valence-corrected chi connectivity index (χ4v) is 2.33. The van der Waals surface area contributed by atoms with Gasteiger partial charge in [0.15, 0.2) is 11.5 Å². The summed E-state index contributed by atoms with van der Waals surface area (Å²) < 4.78 is 7.56. The van der Waals surface area contributed by atoms with Crippen LogP contribution < -0.4 is 10.5 Å². The van der Waals surface area contributed by atoms with E-state index in [2.05, 4.69) is 27.1 Å². The first-order valence-corrected chi connectivity index (χ1v) is 7.43. The molecule has 0 amide bonds. The zero-order chi connectivity index (χ0) is 15.4. The van der Waals surface area contributed by atoms with Gasteiger partial charge in [-0.05, 0) is 25.3 Å². The number of nitrogens with two attached hydrogens (primary N) is 1. The summed E-state index contributed by atoms with van der Waals surface area (Å²) >= 11 is 0. The maximum atomic E-state index is 5.91. The Morgan fingerprint density at radius 3 is 2.77 bits per heavy atom. The molecule has 2 heterocycles. The van der Waals surface area contributed by atoms with Crippen molar-refractivity contribution < 1.29 is 4.74 Å². The van der Waals surface area contributed by atoms with Gasteiger partial charge in [0.1, 0.15) is 5.52 Å². The van der Waals surface area contributed by atoms with Gasteiger partial charge in [0.25, 0.3) is 0 Å². The second kappa shape index (κ2) is 6.43. The molecule has 0 atom stereocenters. The summed E-state index contributed by atoms with van der Waals surface area (Å²) in [5.74, 6) is 0.357. The molecule has 6 nitrogen and oxygen atoms in total. The molecule has 0 saturated heterocycles. The predicted octanol–water partition coefficient (Wildman–Crippen LogP) is 2.44. The Balaban J connectivity index is 1.64. The van der Waals surface area contributed by atoms with E-state index in [1.807, 2.05) is 29.7 Å². The van der Waals surface area contributed by atoms with Crippen LogP contribution in [0, 0.1) is 0 Å². The monoisotopic (exact) mass is 297 g/mol. The molecule has 2 N–H and O–H groups in total. The summed E-state index contributed by atoms with van der Waals surface area (Å²) in [5.41, 5.74) is 8.55. The van der Waals surface area contributed by atoms with Gasteiger partial charge in [-0.1, -0.05) is 30.3 Å². The summed E-state index contributed by atoms with van der Waals surface area (Å²) in [7, 11) is 0. The van der Waals surface area contributed by atoms with Gasteiger partial charge >= 0.3 is 6.01 Å². The third kappa shape index (κ3) is 3.00. The van der Waals surface area contributed by atoms with E-state index in [0.717, 1.165) is 19.4 Å². The van der Waals surface area contributed by atoms with Crippen molar-refractivity contribution in [2.75, 3.05) is 12.3 Å². The number of fused-ring (bicyclic) bond motifs is 1. The molecule has 1 aromatic carbocycles. The topological polar surface area (TPSA) is 78.9 Å². The molecule has 2 aromatic heterocycles. The summed E-state index contributed by atoms with van der Waals surface area (Å²) in [4.78, 5) is 12.8. The molecular weight excluding hydrogens is 278 g/mol. The first kappa shape index (κ1) is 14.3. The number of aromatic nitrogens is 4. The molecule has 0 saturated carbocycles. The molecule has 3 aromatic rings. The van der Waals surface area contributed by atoms with E-state index in [0.29, 0.717) is 29.6 Å². The van der Waals surface area contributed by atoms with Crippen molar-refractivity contribution in [3.05, 3.63) is 42.2 Å². The van der Waals surface area contributed by atoms with Crippen LogP contribution in [0.15, 0.2) is 36.7 Å². The van der Waals surface area contributed by atoms with E-state index in [9.17, 15) is 0 Å². The van der Waals surface area contributed by atoms with Gasteiger partial charge in [0.2, 0.25) is 0 Å². The summed E-state index contributed by atoms with van der Waals surface area (Å²) in [6.07, 6.45) is 3.58. The molecular formula is C16H19N5O. The number of ether oxygens (including phenoxy) is 1. The molecule has 0 aliphatic heterocycles. The van der Waals surface area contributed by atoms with Crippen LogP contribution in [-0.4, -0.2) is 26.1 Å². The van der Waals surface area contributed by atoms with Crippen LogP contribution in [0.3, 0.4) is 0 Å². The number of aryl methyl sites for hydroxylation is 2. The number of benzene rings is 1. The number of hydrogen-bond acceptors (Lipinski definition) is 5. The molecule has 0 radical (unpaired) electrons. The second-order valence-corrected chi connectivity index (χ2v) is 5.03. The van der Waals surface area contributed by atoms with Gasteiger partial charge in [-0.15, -0.1) is 0 Å². The van der Waals surface area contributed by atoms with Gasteiger partial charge in [-0.3, -0.25) is 0 Å². The third-order valence-corrected chi connectivity index (χ3v) is 3.49. The van der Waals surface area contributed by atoms with Crippen LogP contribution in [0.25, 0.3) is 11.2 Å². The number of anilines is 1. The van der Waals surface area contributed by atoms with E-state index >= 15 is 0 Å². The second-order valence-electron chi connectivity index (χ2n) is 5.03. The predicted molar refractivity (Wildman–Crippen MR) is 85.7 cm³/mol. The van der Waals surface area contributed by atoms with Gasteiger partial charge in [-0.25, -0.2) is 4.98 Å². The Morgan fingerprint density at radius 1 is 1.18 bits per heavy atom. The minimum atomic E-state index is 0.313. The van der Waals surface area contributed by atoms with Gasteiger partial charge in [0.05, 0.1) is 12.9 Å². The molecule has 0 fully saturated rings. The highest BCUT2D eigenvalue weighted by Crippen LogP contribution is 2.19. The van der Waals surface area contributed by atoms with Crippen molar-refractivity contribution in [3.8, 4) is 6.01 Å². The van der Waals surface area contributed by atoms with Crippen LogP contribution in [-0.2, 0) is 13.0 Å². The largest absolute Gasteiger partial charge is 0.463 e. The molecule has 22 heavy (non-hydrogen) atoms. The number of nitrogens with zero attached hydrogens (tertiary/aromatic N) is 4. The highest BCUT2D eigenvalue weighted by atomic mass is 16.5. The maximum absolute atomic E-state index is 5.91. The average Bonchev–Trinajstić information content (AvgIpc) is 2.96. The van der Waals surface area contributed by atoms with Gasteiger partial charge in [0, 0.05) is 6.54 Å². The zero-order valence-corrected chi connectivity index (χ0v) is 12.6. The lowest BCUT2D eigenvalue weighted by Crippen LogP contribution is -2.06. The van der Waals surface area contributed by atoms with Gasteiger partial charge in [-0.2, -0.15) is 9.97 Å². The molecule has 114 valence electrons. The lowest BCUT2D eigenvalue weighted by Gasteiger charge is -2.06. The molecule has 0 aliphatic carbocycles. The quantitative estimate of drug-likeness (QED) is 0.707. The Bertz CT molecular complexity index is 754. The molecule has 0 aliphatic rings. The Kier molecular flexibility index (Phi) is 4.18. The van der Waals surface area contributed by atoms with E-state index in [4.69, 9.17) is 10.5 Å². The van der Waals surface area contributed by atoms with Crippen LogP contribution in [0.2, 0.25) is 0 Å². The molecule has 0 spiro atoms. The Labute approximate surface area is 129 Å². The standard InChI is InChI=1S/C16H19N5O/c1-2-21-11-18-13-14(17)19-16(20-15(13)21)22-10-6-9-12-7-4-3-5-8-12/h3-5,7-8,11H,2,6,9-10H2,1H3,(H2,17,19,20). The van der Waals surface area contributed by atoms with Crippen LogP contribution in [0.5, 0.6) is 6.01 Å². The number of nitrogen functional groups attached to an aromatic ring is 1. The SMILES string of the molecule is CCn1cnc2c(N)nc(OCCCc3ccccc3)nc21. The van der Waals surface area contributed by atoms with Gasteiger partial charge < -0.3 is 15.0 Å². The van der Waals surface area contributed by atoms with Crippen LogP contribution >= 0.6 is 0 Å². The molecule has 3 rings (SSSR count). The molecule has 0 unspecified atom stereocenters. The summed E-state index contributed by atoms with van der Waals surface area (Å²) in [6, 6.07) is 10.6. The fraction of sp³-hybridized carbons (Fsp3) is 0.312. The normalized spacial score (nSPS) is 11.0. The summed E-state index contributed by atoms with van der Waals surface area (Å²) in [6.45, 7) is 3.36. The van der Waals surface area contributed by atoms with Crippen molar-refractivity contribution in [1.82, 2.24) is 19.5 Å². The zero-order valence-electron chi connectivity index (χ0n) is 12.6. The summed E-state index contributed by atoms with van der Waals surface area (Å²) in [5, 5.41) is 0. The first-order chi connectivity index (χ1) is 10.8. The van der Waals surface area contributed by atoms with Crippen LogP contribution in [0.4, 0.5) is 5.82 Å². The molecule has 0 bridgehead atoms. The highest BCUT2D eigenvalue weighted by molar-refractivity contribution is 5.81. The van der Waals surface area contributed by atoms with Crippen molar-refractivity contribution in [1.29, 1.82) is 0 Å². The van der Waals surface area contributed by atoms with E-state index < -0.39 is 0 Å². The van der Waals surface area contributed by atoms with Crippen molar-refractivity contribution >= 4 is 17.0 Å². The number of hydrogen-bond donors (Lipinski definition) is 1. The van der Waals surface area contributed by atoms with Crippen molar-refractivity contribution in [3.63, 3.8) is 0 Å². The minimum absolute atomic E-state index is 0.313. The fourth-order valence-electron chi connectivity index (χ4n) is 2.33. The van der Waals surface area contributed by atoms with Crippen LogP contribution in [0.1, 0.15) is 18.9 Å². The first-order valence-electron chi connectivity index (χ1n) is 7.43. The lowest BCUT2D eigenvalue weighted by molar-refractivity contribution is 0.288. The average molecular weight is 297 g/mol. The molecule has 6 heteroatoms. The van der Waals surface area contributed by atoms with E-state index in [1.165, 1.54) is 5.56 Å². The number of rotatable bonds is 6. The lowest BCUT2D eigenvalue weighted by atomic mass is 10.1. The Morgan fingerprint density at radius 2 is 2.00 bits per heavy atom.